The average Bonchev–Trinajstić information content (AvgIpc) is 2.85. The minimum atomic E-state index is -0.329. The van der Waals surface area contributed by atoms with Crippen LogP contribution in [0.15, 0.2) is 78.9 Å². The lowest BCUT2D eigenvalue weighted by Crippen LogP contribution is -2.34. The molecule has 3 rings (SSSR count). The van der Waals surface area contributed by atoms with Crippen molar-refractivity contribution >= 4 is 40.5 Å². The Balaban J connectivity index is 1.50. The highest BCUT2D eigenvalue weighted by Gasteiger charge is 2.10. The van der Waals surface area contributed by atoms with E-state index in [0.717, 1.165) is 18.6 Å². The van der Waals surface area contributed by atoms with Gasteiger partial charge < -0.3 is 15.4 Å². The molecule has 0 aromatic heterocycles. The van der Waals surface area contributed by atoms with Gasteiger partial charge in [0.1, 0.15) is 5.75 Å². The molecule has 0 bridgehead atoms. The van der Waals surface area contributed by atoms with E-state index in [1.54, 1.807) is 48.5 Å². The van der Waals surface area contributed by atoms with Crippen LogP contribution in [0.25, 0.3) is 0 Å². The van der Waals surface area contributed by atoms with Gasteiger partial charge in [-0.25, -0.2) is 0 Å². The molecule has 0 aliphatic carbocycles. The molecule has 0 saturated heterocycles. The molecule has 3 N–H and O–H groups in total. The van der Waals surface area contributed by atoms with Gasteiger partial charge in [0.05, 0.1) is 6.61 Å². The molecular formula is C27H29N3O3S. The number of rotatable bonds is 10. The van der Waals surface area contributed by atoms with Crippen molar-refractivity contribution in [1.82, 2.24) is 5.32 Å². The lowest BCUT2D eigenvalue weighted by atomic mass is 10.2. The molecule has 0 aliphatic heterocycles. The Bertz CT molecular complexity index is 1100. The molecule has 176 valence electrons. The molecule has 0 atom stereocenters. The van der Waals surface area contributed by atoms with Gasteiger partial charge in [0, 0.05) is 22.5 Å². The molecule has 6 nitrogen and oxygen atoms in total. The lowest BCUT2D eigenvalue weighted by molar-refractivity contribution is 0.0976. The molecule has 2 amide bonds. The van der Waals surface area contributed by atoms with Gasteiger partial charge in [0.25, 0.3) is 11.8 Å². The third-order valence-electron chi connectivity index (χ3n) is 5.02. The van der Waals surface area contributed by atoms with E-state index in [1.807, 2.05) is 30.3 Å². The number of carbonyl (C=O) groups is 2. The monoisotopic (exact) mass is 475 g/mol. The largest absolute Gasteiger partial charge is 0.494 e. The van der Waals surface area contributed by atoms with Crippen molar-refractivity contribution in [1.29, 1.82) is 0 Å². The molecule has 0 fully saturated rings. The van der Waals surface area contributed by atoms with Crippen molar-refractivity contribution in [3.63, 3.8) is 0 Å². The van der Waals surface area contributed by atoms with E-state index in [9.17, 15) is 9.59 Å². The first-order valence-corrected chi connectivity index (χ1v) is 11.8. The maximum Gasteiger partial charge on any atom is 0.257 e. The van der Waals surface area contributed by atoms with Gasteiger partial charge in [-0.05, 0) is 73.2 Å². The number of hydrogen-bond acceptors (Lipinski definition) is 4. The molecule has 3 aromatic rings. The summed E-state index contributed by atoms with van der Waals surface area (Å²) in [6, 6.07) is 23.1. The quantitative estimate of drug-likeness (QED) is 0.247. The minimum Gasteiger partial charge on any atom is -0.494 e. The summed E-state index contributed by atoms with van der Waals surface area (Å²) in [5, 5.41) is 8.59. The van der Waals surface area contributed by atoms with Gasteiger partial charge in [-0.3, -0.25) is 14.9 Å². The zero-order valence-electron chi connectivity index (χ0n) is 19.2. The number of hydrogen-bond donors (Lipinski definition) is 3. The molecule has 7 heteroatoms. The number of thiocarbonyl (C=S) groups is 1. The number of anilines is 2. The summed E-state index contributed by atoms with van der Waals surface area (Å²) < 4.78 is 5.71. The van der Waals surface area contributed by atoms with E-state index in [4.69, 9.17) is 17.0 Å². The molecule has 0 radical (unpaired) electrons. The second-order valence-electron chi connectivity index (χ2n) is 7.74. The molecular weight excluding hydrogens is 446 g/mol. The van der Waals surface area contributed by atoms with Crippen molar-refractivity contribution in [3.05, 3.63) is 90.0 Å². The summed E-state index contributed by atoms with van der Waals surface area (Å²) in [4.78, 5) is 25.0. The summed E-state index contributed by atoms with van der Waals surface area (Å²) in [5.74, 6) is 0.168. The second-order valence-corrected chi connectivity index (χ2v) is 8.15. The van der Waals surface area contributed by atoms with E-state index in [2.05, 4.69) is 22.9 Å². The first-order chi connectivity index (χ1) is 16.5. The van der Waals surface area contributed by atoms with Gasteiger partial charge in [0.2, 0.25) is 0 Å². The SMILES string of the molecule is CCCCCCOc1ccc(C(=O)NC(=S)Nc2cccc(C(=O)Nc3ccccc3)c2)cc1. The van der Waals surface area contributed by atoms with Gasteiger partial charge in [-0.2, -0.15) is 0 Å². The van der Waals surface area contributed by atoms with Crippen molar-refractivity contribution < 1.29 is 14.3 Å². The summed E-state index contributed by atoms with van der Waals surface area (Å²) in [6.45, 7) is 2.84. The van der Waals surface area contributed by atoms with Crippen LogP contribution in [-0.4, -0.2) is 23.5 Å². The van der Waals surface area contributed by atoms with Crippen LogP contribution in [0.1, 0.15) is 53.3 Å². The average molecular weight is 476 g/mol. The predicted octanol–water partition coefficient (Wildman–Crippen LogP) is 6.02. The van der Waals surface area contributed by atoms with Crippen molar-refractivity contribution in [2.24, 2.45) is 0 Å². The van der Waals surface area contributed by atoms with Crippen LogP contribution in [-0.2, 0) is 0 Å². The normalized spacial score (nSPS) is 10.3. The smallest absolute Gasteiger partial charge is 0.257 e. The highest BCUT2D eigenvalue weighted by molar-refractivity contribution is 7.80. The van der Waals surface area contributed by atoms with E-state index < -0.39 is 0 Å². The van der Waals surface area contributed by atoms with Crippen LogP contribution >= 0.6 is 12.2 Å². The number of ether oxygens (including phenoxy) is 1. The summed E-state index contributed by atoms with van der Waals surface area (Å²) in [7, 11) is 0. The molecule has 0 aliphatic rings. The van der Waals surface area contributed by atoms with Crippen LogP contribution < -0.4 is 20.7 Å². The molecule has 0 heterocycles. The summed E-state index contributed by atoms with van der Waals surface area (Å²) in [6.07, 6.45) is 4.57. The second kappa shape index (κ2) is 13.1. The number of benzene rings is 3. The predicted molar refractivity (Wildman–Crippen MR) is 141 cm³/mol. The van der Waals surface area contributed by atoms with Crippen LogP contribution in [0, 0.1) is 0 Å². The zero-order valence-corrected chi connectivity index (χ0v) is 20.0. The number of carbonyl (C=O) groups excluding carboxylic acids is 2. The Kier molecular flexibility index (Phi) is 9.61. The van der Waals surface area contributed by atoms with E-state index >= 15 is 0 Å². The van der Waals surface area contributed by atoms with E-state index in [-0.39, 0.29) is 16.9 Å². The summed E-state index contributed by atoms with van der Waals surface area (Å²) in [5.41, 5.74) is 2.24. The number of amides is 2. The number of para-hydroxylation sites is 1. The lowest BCUT2D eigenvalue weighted by Gasteiger charge is -2.11. The maximum absolute atomic E-state index is 12.5. The zero-order chi connectivity index (χ0) is 24.2. The fourth-order valence-corrected chi connectivity index (χ4v) is 3.43. The van der Waals surface area contributed by atoms with Gasteiger partial charge >= 0.3 is 0 Å². The van der Waals surface area contributed by atoms with Crippen molar-refractivity contribution in [2.75, 3.05) is 17.2 Å². The van der Waals surface area contributed by atoms with Crippen molar-refractivity contribution in [2.45, 2.75) is 32.6 Å². The minimum absolute atomic E-state index is 0.141. The number of unbranched alkanes of at least 4 members (excludes halogenated alkanes) is 3. The Morgan fingerprint density at radius 3 is 2.24 bits per heavy atom. The Morgan fingerprint density at radius 2 is 1.50 bits per heavy atom. The molecule has 0 unspecified atom stereocenters. The van der Waals surface area contributed by atoms with Crippen LogP contribution in [0.3, 0.4) is 0 Å². The molecule has 34 heavy (non-hydrogen) atoms. The Morgan fingerprint density at radius 1 is 0.765 bits per heavy atom. The maximum atomic E-state index is 12.5. The topological polar surface area (TPSA) is 79.5 Å². The highest BCUT2D eigenvalue weighted by Crippen LogP contribution is 2.15. The van der Waals surface area contributed by atoms with Crippen LogP contribution in [0.2, 0.25) is 0 Å². The fourth-order valence-electron chi connectivity index (χ4n) is 3.22. The van der Waals surface area contributed by atoms with Gasteiger partial charge in [-0.15, -0.1) is 0 Å². The summed E-state index contributed by atoms with van der Waals surface area (Å²) >= 11 is 5.28. The Hall–Kier alpha value is -3.71. The van der Waals surface area contributed by atoms with Crippen LogP contribution in [0.5, 0.6) is 5.75 Å². The van der Waals surface area contributed by atoms with Gasteiger partial charge in [-0.1, -0.05) is 50.5 Å². The van der Waals surface area contributed by atoms with Gasteiger partial charge in [0.15, 0.2) is 5.11 Å². The highest BCUT2D eigenvalue weighted by atomic mass is 32.1. The van der Waals surface area contributed by atoms with Crippen LogP contribution in [0.4, 0.5) is 11.4 Å². The third-order valence-corrected chi connectivity index (χ3v) is 5.23. The molecule has 0 spiro atoms. The van der Waals surface area contributed by atoms with E-state index in [1.165, 1.54) is 12.8 Å². The van der Waals surface area contributed by atoms with E-state index in [0.29, 0.717) is 29.1 Å². The molecule has 0 saturated carbocycles. The first kappa shape index (κ1) is 24.9. The number of nitrogens with one attached hydrogen (secondary N) is 3. The van der Waals surface area contributed by atoms with Crippen molar-refractivity contribution in [3.8, 4) is 5.75 Å². The fraction of sp³-hybridized carbons (Fsp3) is 0.222. The Labute approximate surface area is 205 Å². The first-order valence-electron chi connectivity index (χ1n) is 11.4. The third kappa shape index (κ3) is 8.01. The standard InChI is InChI=1S/C27H29N3O3S/c1-2-3-4-8-18-33-24-16-14-20(15-17-24)25(31)30-27(34)29-23-13-9-10-21(19-23)26(32)28-22-11-6-5-7-12-22/h5-7,9-17,19H,2-4,8,18H2,1H3,(H,28,32)(H2,29,30,31,34). The molecule has 3 aromatic carbocycles.